The molecule has 0 bridgehead atoms. The van der Waals surface area contributed by atoms with E-state index in [4.69, 9.17) is 0 Å². The first-order valence-corrected chi connectivity index (χ1v) is 13.8. The van der Waals surface area contributed by atoms with Crippen molar-refractivity contribution in [1.82, 2.24) is 19.6 Å². The van der Waals surface area contributed by atoms with Gasteiger partial charge in [-0.25, -0.2) is 0 Å². The number of fused-ring (bicyclic) bond motifs is 2. The van der Waals surface area contributed by atoms with E-state index in [-0.39, 0.29) is 11.8 Å². The van der Waals surface area contributed by atoms with Gasteiger partial charge in [-0.1, -0.05) is 30.7 Å². The number of anilines is 1. The molecule has 0 atom stereocenters. The number of aryl methyl sites for hydroxylation is 4. The van der Waals surface area contributed by atoms with Crippen LogP contribution in [0.2, 0.25) is 0 Å². The van der Waals surface area contributed by atoms with Crippen molar-refractivity contribution in [3.63, 3.8) is 0 Å². The topological polar surface area (TPSA) is 61.7 Å². The van der Waals surface area contributed by atoms with Gasteiger partial charge in [0.1, 0.15) is 0 Å². The number of aromatic nitrogens is 2. The fourth-order valence-electron chi connectivity index (χ4n) is 5.81. The van der Waals surface area contributed by atoms with Crippen molar-refractivity contribution < 1.29 is 9.59 Å². The second-order valence-corrected chi connectivity index (χ2v) is 10.8. The molecule has 2 aliphatic heterocycles. The lowest BCUT2D eigenvalue weighted by Crippen LogP contribution is -2.48. The van der Waals surface area contributed by atoms with Crippen LogP contribution in [0.25, 0.3) is 0 Å². The molecule has 0 spiro atoms. The lowest BCUT2D eigenvalue weighted by molar-refractivity contribution is -0.132. The van der Waals surface area contributed by atoms with E-state index in [2.05, 4.69) is 42.0 Å². The van der Waals surface area contributed by atoms with Crippen LogP contribution in [0, 0.1) is 13.8 Å². The van der Waals surface area contributed by atoms with Gasteiger partial charge in [0.2, 0.25) is 5.91 Å². The van der Waals surface area contributed by atoms with Gasteiger partial charge >= 0.3 is 0 Å². The molecule has 200 valence electrons. The maximum absolute atomic E-state index is 13.9. The summed E-state index contributed by atoms with van der Waals surface area (Å²) in [6, 6.07) is 12.2. The molecule has 0 unspecified atom stereocenters. The van der Waals surface area contributed by atoms with Gasteiger partial charge in [-0.3, -0.25) is 19.2 Å². The summed E-state index contributed by atoms with van der Waals surface area (Å²) in [6.07, 6.45) is 4.99. The number of carbonyl (C=O) groups excluding carboxylic acids is 2. The monoisotopic (exact) mass is 513 g/mol. The molecule has 3 aromatic rings. The Bertz CT molecular complexity index is 1340. The van der Waals surface area contributed by atoms with Crippen molar-refractivity contribution in [3.05, 3.63) is 81.7 Å². The molecule has 2 aromatic carbocycles. The van der Waals surface area contributed by atoms with Crippen LogP contribution in [-0.2, 0) is 31.2 Å². The van der Waals surface area contributed by atoms with Gasteiger partial charge in [0.15, 0.2) is 0 Å². The van der Waals surface area contributed by atoms with Crippen molar-refractivity contribution >= 4 is 17.5 Å². The van der Waals surface area contributed by atoms with Crippen LogP contribution >= 0.6 is 0 Å². The quantitative estimate of drug-likeness (QED) is 0.494. The Kier molecular flexibility index (Phi) is 7.65. The van der Waals surface area contributed by atoms with E-state index in [0.29, 0.717) is 24.9 Å². The maximum Gasteiger partial charge on any atom is 0.258 e. The van der Waals surface area contributed by atoms with Crippen LogP contribution in [0.15, 0.2) is 42.6 Å². The number of hydrogen-bond acceptors (Lipinski definition) is 4. The summed E-state index contributed by atoms with van der Waals surface area (Å²) in [7, 11) is 1.96. The van der Waals surface area contributed by atoms with Gasteiger partial charge in [0, 0.05) is 68.6 Å². The number of hydrogen-bond donors (Lipinski definition) is 0. The zero-order valence-corrected chi connectivity index (χ0v) is 23.2. The van der Waals surface area contributed by atoms with E-state index >= 15 is 0 Å². The molecule has 1 saturated heterocycles. The number of rotatable bonds is 6. The highest BCUT2D eigenvalue weighted by atomic mass is 16.2. The van der Waals surface area contributed by atoms with E-state index in [0.717, 1.165) is 79.2 Å². The normalized spacial score (nSPS) is 15.7. The lowest BCUT2D eigenvalue weighted by Gasteiger charge is -2.34. The zero-order chi connectivity index (χ0) is 26.8. The molecule has 0 N–H and O–H groups in total. The van der Waals surface area contributed by atoms with E-state index < -0.39 is 0 Å². The average Bonchev–Trinajstić information content (AvgIpc) is 3.16. The first-order valence-electron chi connectivity index (χ1n) is 13.8. The van der Waals surface area contributed by atoms with Crippen LogP contribution in [-0.4, -0.2) is 64.1 Å². The minimum absolute atomic E-state index is 0.0116. The third-order valence-corrected chi connectivity index (χ3v) is 8.07. The van der Waals surface area contributed by atoms with Crippen LogP contribution in [0.1, 0.15) is 63.6 Å². The number of benzene rings is 2. The molecule has 1 fully saturated rings. The van der Waals surface area contributed by atoms with Crippen LogP contribution in [0.5, 0.6) is 0 Å². The number of carbonyl (C=O) groups is 2. The summed E-state index contributed by atoms with van der Waals surface area (Å²) < 4.78 is 1.92. The molecule has 2 amide bonds. The maximum atomic E-state index is 13.9. The second-order valence-electron chi connectivity index (χ2n) is 10.8. The van der Waals surface area contributed by atoms with Crippen LogP contribution in [0.4, 0.5) is 5.69 Å². The third-order valence-electron chi connectivity index (χ3n) is 8.07. The molecule has 0 radical (unpaired) electrons. The smallest absolute Gasteiger partial charge is 0.258 e. The molecule has 5 rings (SSSR count). The fraction of sp³-hybridized carbons (Fsp3) is 0.452. The van der Waals surface area contributed by atoms with Crippen molar-refractivity contribution in [1.29, 1.82) is 0 Å². The van der Waals surface area contributed by atoms with Gasteiger partial charge < -0.3 is 9.80 Å². The molecule has 2 aliphatic rings. The number of amides is 2. The van der Waals surface area contributed by atoms with Crippen molar-refractivity contribution in [2.45, 2.75) is 53.0 Å². The Balaban J connectivity index is 1.29. The molecule has 7 nitrogen and oxygen atoms in total. The summed E-state index contributed by atoms with van der Waals surface area (Å²) >= 11 is 0. The summed E-state index contributed by atoms with van der Waals surface area (Å²) in [5.41, 5.74) is 8.36. The van der Waals surface area contributed by atoms with E-state index in [1.54, 1.807) is 0 Å². The Morgan fingerprint density at radius 3 is 2.50 bits per heavy atom. The fourth-order valence-corrected chi connectivity index (χ4v) is 5.81. The molecule has 1 aromatic heterocycles. The number of piperazine rings is 1. The largest absolute Gasteiger partial charge is 0.340 e. The van der Waals surface area contributed by atoms with Crippen molar-refractivity contribution in [3.8, 4) is 0 Å². The van der Waals surface area contributed by atoms with Gasteiger partial charge in [0.05, 0.1) is 12.7 Å². The van der Waals surface area contributed by atoms with Gasteiger partial charge in [-0.2, -0.15) is 5.10 Å². The van der Waals surface area contributed by atoms with Crippen LogP contribution in [0.3, 0.4) is 0 Å². The van der Waals surface area contributed by atoms with Gasteiger partial charge in [-0.15, -0.1) is 0 Å². The molecular weight excluding hydrogens is 474 g/mol. The highest BCUT2D eigenvalue weighted by molar-refractivity contribution is 6.06. The summed E-state index contributed by atoms with van der Waals surface area (Å²) in [5, 5.41) is 4.45. The average molecular weight is 514 g/mol. The molecular formula is C31H39N5O2. The zero-order valence-electron chi connectivity index (χ0n) is 23.2. The van der Waals surface area contributed by atoms with Crippen LogP contribution < -0.4 is 4.90 Å². The highest BCUT2D eigenvalue weighted by Gasteiger charge is 2.27. The molecule has 3 heterocycles. The van der Waals surface area contributed by atoms with E-state index in [9.17, 15) is 9.59 Å². The SMILES string of the molecule is CCCN1CCN(C(=O)CCc2ccc(C(=O)N3Cc4cnn(C)c4Cc4cc(C)ccc43)cc2C)CC1. The second kappa shape index (κ2) is 11.1. The Hall–Kier alpha value is -3.45. The summed E-state index contributed by atoms with van der Waals surface area (Å²) in [5.74, 6) is 0.215. The first-order chi connectivity index (χ1) is 18.3. The molecule has 38 heavy (non-hydrogen) atoms. The van der Waals surface area contributed by atoms with Crippen molar-refractivity contribution in [2.75, 3.05) is 37.6 Å². The summed E-state index contributed by atoms with van der Waals surface area (Å²) in [6.45, 7) is 11.5. The minimum atomic E-state index is -0.0116. The molecule has 0 aliphatic carbocycles. The van der Waals surface area contributed by atoms with E-state index in [1.807, 2.05) is 52.8 Å². The standard InChI is InChI=1S/C31H39N5O2/c1-5-12-34-13-15-35(16-14-34)30(37)11-9-24-7-8-25(18-23(24)3)31(38)36-21-27-20-32-33(4)29(27)19-26-17-22(2)6-10-28(26)36/h6-8,10,17-18,20H,5,9,11-16,19,21H2,1-4H3. The highest BCUT2D eigenvalue weighted by Crippen LogP contribution is 2.32. The van der Waals surface area contributed by atoms with E-state index in [1.165, 1.54) is 5.56 Å². The summed E-state index contributed by atoms with van der Waals surface area (Å²) in [4.78, 5) is 33.0. The third kappa shape index (κ3) is 5.39. The predicted molar refractivity (Wildman–Crippen MR) is 151 cm³/mol. The Morgan fingerprint density at radius 1 is 0.974 bits per heavy atom. The Labute approximate surface area is 226 Å². The van der Waals surface area contributed by atoms with Gasteiger partial charge in [0.25, 0.3) is 5.91 Å². The minimum Gasteiger partial charge on any atom is -0.340 e. The molecule has 0 saturated carbocycles. The lowest BCUT2D eigenvalue weighted by atomic mass is 9.99. The van der Waals surface area contributed by atoms with Crippen molar-refractivity contribution in [2.24, 2.45) is 7.05 Å². The molecule has 7 heteroatoms. The number of nitrogens with zero attached hydrogens (tertiary/aromatic N) is 5. The predicted octanol–water partition coefficient (Wildman–Crippen LogP) is 4.27. The van der Waals surface area contributed by atoms with Gasteiger partial charge in [-0.05, 0) is 68.1 Å². The Morgan fingerprint density at radius 2 is 1.76 bits per heavy atom. The first kappa shape index (κ1) is 26.2.